The third-order valence-electron chi connectivity index (χ3n) is 1.25. The van der Waals surface area contributed by atoms with Crippen molar-refractivity contribution in [1.82, 2.24) is 0 Å². The summed E-state index contributed by atoms with van der Waals surface area (Å²) in [7, 11) is 0. The second kappa shape index (κ2) is 13.5. The van der Waals surface area contributed by atoms with Gasteiger partial charge in [0.2, 0.25) is 0 Å². The van der Waals surface area contributed by atoms with Crippen LogP contribution in [0.4, 0.5) is 0 Å². The predicted molar refractivity (Wildman–Crippen MR) is 63.0 cm³/mol. The fourth-order valence-electron chi connectivity index (χ4n) is 0.714. The third kappa shape index (κ3) is 11.0. The average molecular weight is 178 g/mol. The molecule has 0 saturated carbocycles. The van der Waals surface area contributed by atoms with Crippen LogP contribution in [0.15, 0.2) is 43.0 Å². The summed E-state index contributed by atoms with van der Waals surface area (Å²) < 4.78 is 0. The van der Waals surface area contributed by atoms with Gasteiger partial charge in [-0.05, 0) is 18.9 Å². The highest BCUT2D eigenvalue weighted by Gasteiger charge is 1.79. The Bertz CT molecular complexity index is 174. The van der Waals surface area contributed by atoms with Gasteiger partial charge in [0.15, 0.2) is 0 Å². The van der Waals surface area contributed by atoms with Crippen molar-refractivity contribution in [2.75, 3.05) is 0 Å². The Balaban J connectivity index is 0. The fraction of sp³-hybridized carbons (Fsp3) is 0.385. The summed E-state index contributed by atoms with van der Waals surface area (Å²) in [5, 5.41) is 0. The summed E-state index contributed by atoms with van der Waals surface area (Å²) in [6, 6.07) is 10.5. The molecule has 0 spiro atoms. The molecule has 1 aromatic rings. The lowest BCUT2D eigenvalue weighted by Gasteiger charge is -1.89. The van der Waals surface area contributed by atoms with Crippen LogP contribution in [0.3, 0.4) is 0 Å². The number of hydrogen-bond donors (Lipinski definition) is 0. The van der Waals surface area contributed by atoms with E-state index in [1.54, 1.807) is 6.08 Å². The van der Waals surface area contributed by atoms with Crippen molar-refractivity contribution < 1.29 is 0 Å². The third-order valence-corrected chi connectivity index (χ3v) is 1.25. The van der Waals surface area contributed by atoms with Crippen molar-refractivity contribution in [1.29, 1.82) is 0 Å². The lowest BCUT2D eigenvalue weighted by Crippen LogP contribution is -1.73. The van der Waals surface area contributed by atoms with Crippen LogP contribution in [0.5, 0.6) is 0 Å². The van der Waals surface area contributed by atoms with Gasteiger partial charge in [0, 0.05) is 0 Å². The smallest absolute Gasteiger partial charge is 0.0307 e. The maximum Gasteiger partial charge on any atom is -0.0307 e. The van der Waals surface area contributed by atoms with E-state index in [0.717, 1.165) is 6.42 Å². The molecule has 13 heavy (non-hydrogen) atoms. The van der Waals surface area contributed by atoms with Crippen LogP contribution in [-0.2, 0) is 6.42 Å². The fourth-order valence-corrected chi connectivity index (χ4v) is 0.714. The molecule has 0 aliphatic heterocycles. The first-order chi connectivity index (χ1) is 6.35. The van der Waals surface area contributed by atoms with Crippen LogP contribution < -0.4 is 0 Å². The van der Waals surface area contributed by atoms with Gasteiger partial charge in [-0.15, -0.1) is 6.58 Å². The normalized spacial score (nSPS) is 7.08. The van der Waals surface area contributed by atoms with Gasteiger partial charge in [0.05, 0.1) is 0 Å². The molecule has 0 nitrogen and oxygen atoms in total. The number of hydrogen-bond acceptors (Lipinski definition) is 0. The molecule has 0 heterocycles. The molecule has 0 amide bonds. The second-order valence-electron chi connectivity index (χ2n) is 2.25. The maximum atomic E-state index is 3.36. The summed E-state index contributed by atoms with van der Waals surface area (Å²) in [5.74, 6) is 0. The van der Waals surface area contributed by atoms with Crippen LogP contribution in [-0.4, -0.2) is 0 Å². The van der Waals surface area contributed by atoms with Gasteiger partial charge in [-0.3, -0.25) is 0 Å². The molecule has 0 aliphatic carbocycles. The Hall–Kier alpha value is -1.04. The summed E-state index contributed by atoms with van der Waals surface area (Å²) in [6.45, 7) is 11.4. The highest BCUT2D eigenvalue weighted by atomic mass is 13.9. The Morgan fingerprint density at radius 1 is 1.15 bits per heavy atom. The first-order valence-electron chi connectivity index (χ1n) is 4.96. The van der Waals surface area contributed by atoms with Crippen LogP contribution in [0.2, 0.25) is 0 Å². The number of aryl methyl sites for hydroxylation is 1. The van der Waals surface area contributed by atoms with E-state index in [4.69, 9.17) is 0 Å². The highest BCUT2D eigenvalue weighted by molar-refractivity contribution is 5.13. The highest BCUT2D eigenvalue weighted by Crippen LogP contribution is 1.96. The molecule has 0 unspecified atom stereocenters. The number of allylic oxidation sites excluding steroid dienone is 1. The van der Waals surface area contributed by atoms with Crippen LogP contribution in [0.1, 0.15) is 33.3 Å². The Morgan fingerprint density at radius 2 is 1.54 bits per heavy atom. The van der Waals surface area contributed by atoms with Crippen molar-refractivity contribution in [3.05, 3.63) is 48.6 Å². The predicted octanol–water partition coefficient (Wildman–Crippen LogP) is 4.47. The van der Waals surface area contributed by atoms with Crippen LogP contribution in [0, 0.1) is 0 Å². The molecule has 0 atom stereocenters. The van der Waals surface area contributed by atoms with E-state index in [1.165, 1.54) is 5.56 Å². The molecule has 0 heteroatoms. The molecule has 0 N–H and O–H groups in total. The van der Waals surface area contributed by atoms with Crippen molar-refractivity contribution >= 4 is 0 Å². The van der Waals surface area contributed by atoms with Gasteiger partial charge in [0.1, 0.15) is 0 Å². The van der Waals surface area contributed by atoms with Gasteiger partial charge in [-0.2, -0.15) is 0 Å². The van der Waals surface area contributed by atoms with E-state index >= 15 is 0 Å². The molecule has 1 aromatic carbocycles. The zero-order chi connectivity index (χ0) is 10.5. The molecule has 0 radical (unpaired) electrons. The summed E-state index contributed by atoms with van der Waals surface area (Å²) in [5.41, 5.74) is 1.41. The van der Waals surface area contributed by atoms with E-state index in [9.17, 15) is 0 Å². The van der Waals surface area contributed by atoms with E-state index in [0.29, 0.717) is 0 Å². The van der Waals surface area contributed by atoms with Crippen molar-refractivity contribution in [3.63, 3.8) is 0 Å². The van der Waals surface area contributed by atoms with E-state index in [2.05, 4.69) is 37.8 Å². The Kier molecular flexibility index (Phi) is 15.1. The minimum absolute atomic E-state index is 1.14. The first kappa shape index (κ1) is 14.5. The first-order valence-corrected chi connectivity index (χ1v) is 4.96. The summed E-state index contributed by atoms with van der Waals surface area (Å²) in [6.07, 6.45) is 2.89. The molecule has 1 rings (SSSR count). The minimum Gasteiger partial charge on any atom is -0.103 e. The van der Waals surface area contributed by atoms with Gasteiger partial charge in [-0.1, -0.05) is 57.2 Å². The van der Waals surface area contributed by atoms with Crippen molar-refractivity contribution in [2.45, 2.75) is 34.1 Å². The largest absolute Gasteiger partial charge is 0.103 e. The topological polar surface area (TPSA) is 0 Å². The van der Waals surface area contributed by atoms with Crippen LogP contribution >= 0.6 is 0 Å². The van der Waals surface area contributed by atoms with E-state index < -0.39 is 0 Å². The van der Waals surface area contributed by atoms with Crippen molar-refractivity contribution in [2.24, 2.45) is 0 Å². The lowest BCUT2D eigenvalue weighted by atomic mass is 10.2. The van der Waals surface area contributed by atoms with Gasteiger partial charge < -0.3 is 0 Å². The average Bonchev–Trinajstić information content (AvgIpc) is 2.23. The van der Waals surface area contributed by atoms with E-state index in [1.807, 2.05) is 26.8 Å². The quantitative estimate of drug-likeness (QED) is 0.557. The molecule has 0 saturated heterocycles. The zero-order valence-corrected chi connectivity index (χ0v) is 9.38. The molecular formula is C13H22. The Morgan fingerprint density at radius 3 is 1.77 bits per heavy atom. The Labute approximate surface area is 83.3 Å². The zero-order valence-electron chi connectivity index (χ0n) is 9.38. The monoisotopic (exact) mass is 178 g/mol. The van der Waals surface area contributed by atoms with Gasteiger partial charge >= 0.3 is 0 Å². The molecule has 0 bridgehead atoms. The number of rotatable bonds is 1. The van der Waals surface area contributed by atoms with Gasteiger partial charge in [-0.25, -0.2) is 0 Å². The standard InChI is InChI=1S/C8H10.C3H6.C2H6/c1-2-8-6-4-3-5-7-8;1-3-2;1-2/h3-7H,2H2,1H3;3H,1H2,2H3;1-2H3. The SMILES string of the molecule is C=CC.CC.CCc1ccccc1. The van der Waals surface area contributed by atoms with E-state index in [-0.39, 0.29) is 0 Å². The van der Waals surface area contributed by atoms with Crippen LogP contribution in [0.25, 0.3) is 0 Å². The lowest BCUT2D eigenvalue weighted by molar-refractivity contribution is 1.14. The minimum atomic E-state index is 1.14. The molecule has 0 fully saturated rings. The maximum absolute atomic E-state index is 3.36. The summed E-state index contributed by atoms with van der Waals surface area (Å²) in [4.78, 5) is 0. The molecular weight excluding hydrogens is 156 g/mol. The second-order valence-corrected chi connectivity index (χ2v) is 2.25. The molecule has 74 valence electrons. The van der Waals surface area contributed by atoms with Gasteiger partial charge in [0.25, 0.3) is 0 Å². The summed E-state index contributed by atoms with van der Waals surface area (Å²) >= 11 is 0. The molecule has 0 aliphatic rings. The van der Waals surface area contributed by atoms with Crippen molar-refractivity contribution in [3.8, 4) is 0 Å². The number of benzene rings is 1. The molecule has 0 aromatic heterocycles.